The summed E-state index contributed by atoms with van der Waals surface area (Å²) in [6.07, 6.45) is 13.5. The van der Waals surface area contributed by atoms with Crippen LogP contribution in [0.2, 0.25) is 0 Å². The standard InChI is InChI=1S/C32H54O9P2.C24H36O3.C4H10ClO3P/c1-10-15-16-17-18-31(6,7)23-19-28(40-42(34,36-11-2)37-12-3)30(24-21-27(33)26-22-25(24)32(26,8)9)29(20-23)41-43(35,38-13-4)39-14-5;1-6-7-8-9-10-23(2,3)15-11-20(26)22(21(27)12-15)16-13-19(25)18-14-17(16)24(18,4)5;1-3-7-9(5,6)8-4-2/h19-20,24-26H,10-18,21-22H2,1-9H3;11-12,16-18,26-27H,6-10,13-14H2,1-5H3;3-4H2,1-2H3/t24-,25-,26+;16-,17-,18+;/m00./s1. The van der Waals surface area contributed by atoms with Crippen LogP contribution in [0.1, 0.15) is 235 Å². The van der Waals surface area contributed by atoms with Gasteiger partial charge in [0.15, 0.2) is 0 Å². The molecule has 6 fully saturated rings. The van der Waals surface area contributed by atoms with Crippen LogP contribution >= 0.6 is 33.8 Å². The number of ketones is 2. The molecule has 2 aromatic carbocycles. The number of fused-ring (bicyclic) bond motifs is 4. The molecule has 0 aliphatic heterocycles. The van der Waals surface area contributed by atoms with Crippen LogP contribution in [0.15, 0.2) is 24.3 Å². The van der Waals surface area contributed by atoms with Gasteiger partial charge in [0.25, 0.3) is 0 Å². The van der Waals surface area contributed by atoms with Crippen LogP contribution in [0.3, 0.4) is 0 Å². The molecule has 8 rings (SSSR count). The van der Waals surface area contributed by atoms with E-state index in [1.165, 1.54) is 19.3 Å². The van der Waals surface area contributed by atoms with Gasteiger partial charge < -0.3 is 19.3 Å². The molecule has 6 atom stereocenters. The minimum absolute atomic E-state index is 0.000267. The van der Waals surface area contributed by atoms with Gasteiger partial charge in [-0.25, -0.2) is 13.7 Å². The number of phosphoric ester groups is 2. The van der Waals surface area contributed by atoms with Crippen LogP contribution in [0.4, 0.5) is 0 Å². The minimum Gasteiger partial charge on any atom is -0.508 e. The molecular weight excluding hydrogens is 1090 g/mol. The number of carbonyl (C=O) groups excluding carboxylic acids is 2. The van der Waals surface area contributed by atoms with E-state index in [1.54, 1.807) is 41.5 Å². The molecule has 0 spiro atoms. The SMILES string of the molecule is CCCCCCC(C)(C)c1cc(O)c([C@H]2CC(=O)[C@H]3C[C@@H]2C3(C)C)c(O)c1.CCCCCCC(C)(C)c1cc(OP(=O)(OCC)OCC)c([C@H]2CC(=O)[C@H]3C[C@@H]2C3(C)C)c(OP(=O)(OCC)OCC)c1.CCOP(=O)(Cl)OCC. The normalized spacial score (nSPS) is 22.4. The lowest BCUT2D eigenvalue weighted by molar-refractivity contribution is -0.152. The molecular formula is C60H100ClO15P3. The Morgan fingerprint density at radius 2 is 0.848 bits per heavy atom. The first kappa shape index (κ1) is 69.2. The Bertz CT molecular complexity index is 2370. The highest BCUT2D eigenvalue weighted by Gasteiger charge is 2.61. The predicted molar refractivity (Wildman–Crippen MR) is 315 cm³/mol. The number of phenolic OH excluding ortho intramolecular Hbond substituents is 2. The Morgan fingerprint density at radius 1 is 0.519 bits per heavy atom. The van der Waals surface area contributed by atoms with Gasteiger partial charge in [0.1, 0.15) is 34.6 Å². The smallest absolute Gasteiger partial charge is 0.508 e. The van der Waals surface area contributed by atoms with E-state index in [9.17, 15) is 33.5 Å². The number of aromatic hydroxyl groups is 2. The Hall–Kier alpha value is -2.28. The average Bonchev–Trinajstić information content (AvgIpc) is 3.33. The zero-order chi connectivity index (χ0) is 59.4. The van der Waals surface area contributed by atoms with Crippen molar-refractivity contribution in [3.05, 3.63) is 46.5 Å². The lowest BCUT2D eigenvalue weighted by atomic mass is 9.44. The third-order valence-electron chi connectivity index (χ3n) is 17.3. The maximum absolute atomic E-state index is 13.8. The van der Waals surface area contributed by atoms with Gasteiger partial charge in [0.05, 0.1) is 39.6 Å². The molecule has 19 heteroatoms. The van der Waals surface area contributed by atoms with E-state index in [0.29, 0.717) is 36.7 Å². The fourth-order valence-corrected chi connectivity index (χ4v) is 16.2. The lowest BCUT2D eigenvalue weighted by Crippen LogP contribution is -2.56. The number of Topliss-reactive ketones (excluding diaryl/α,β-unsaturated/α-hetero) is 2. The molecule has 2 N–H and O–H groups in total. The first-order valence-electron chi connectivity index (χ1n) is 29.5. The summed E-state index contributed by atoms with van der Waals surface area (Å²) in [7, 11) is -8.09. The maximum atomic E-state index is 13.8. The van der Waals surface area contributed by atoms with Gasteiger partial charge in [0, 0.05) is 58.9 Å². The fourth-order valence-electron chi connectivity index (χ4n) is 12.6. The second-order valence-corrected chi connectivity index (χ2v) is 30.0. The van der Waals surface area contributed by atoms with E-state index in [2.05, 4.69) is 78.3 Å². The molecule has 452 valence electrons. The number of benzene rings is 2. The Morgan fingerprint density at radius 3 is 1.15 bits per heavy atom. The number of hydrogen-bond donors (Lipinski definition) is 2. The largest absolute Gasteiger partial charge is 0.530 e. The zero-order valence-electron chi connectivity index (χ0n) is 50.8. The van der Waals surface area contributed by atoms with Crippen LogP contribution in [0.5, 0.6) is 23.0 Å². The highest BCUT2D eigenvalue weighted by atomic mass is 35.7. The highest BCUT2D eigenvalue weighted by Crippen LogP contribution is 2.67. The van der Waals surface area contributed by atoms with Crippen LogP contribution in [0, 0.1) is 34.5 Å². The van der Waals surface area contributed by atoms with Crippen molar-refractivity contribution < 1.29 is 69.7 Å². The molecule has 6 aliphatic carbocycles. The van der Waals surface area contributed by atoms with Gasteiger partial charge in [-0.1, -0.05) is 121 Å². The lowest BCUT2D eigenvalue weighted by Gasteiger charge is -2.59. The van der Waals surface area contributed by atoms with Crippen LogP contribution in [-0.2, 0) is 61.3 Å². The highest BCUT2D eigenvalue weighted by molar-refractivity contribution is 7.81. The minimum atomic E-state index is -4.04. The Labute approximate surface area is 479 Å². The van der Waals surface area contributed by atoms with E-state index in [-0.39, 0.29) is 119 Å². The Kier molecular flexibility index (Phi) is 25.8. The van der Waals surface area contributed by atoms with Gasteiger partial charge in [-0.2, -0.15) is 0 Å². The van der Waals surface area contributed by atoms with Crippen molar-refractivity contribution in [2.75, 3.05) is 39.6 Å². The monoisotopic (exact) mass is 1190 g/mol. The number of hydrogen-bond acceptors (Lipinski definition) is 15. The van der Waals surface area contributed by atoms with Crippen molar-refractivity contribution in [1.82, 2.24) is 0 Å². The summed E-state index contributed by atoms with van der Waals surface area (Å²) >= 11 is 5.25. The number of rotatable bonds is 30. The summed E-state index contributed by atoms with van der Waals surface area (Å²) < 4.78 is 82.2. The molecule has 15 nitrogen and oxygen atoms in total. The van der Waals surface area contributed by atoms with Crippen molar-refractivity contribution >= 4 is 45.4 Å². The third-order valence-corrected chi connectivity index (χ3v) is 22.1. The van der Waals surface area contributed by atoms with Gasteiger partial charge in [-0.15, -0.1) is 0 Å². The zero-order valence-corrected chi connectivity index (χ0v) is 54.3. The van der Waals surface area contributed by atoms with E-state index in [0.717, 1.165) is 68.9 Å². The molecule has 0 unspecified atom stereocenters. The first-order chi connectivity index (χ1) is 36.9. The van der Waals surface area contributed by atoms with Crippen molar-refractivity contribution in [3.63, 3.8) is 0 Å². The van der Waals surface area contributed by atoms with Gasteiger partial charge in [-0.3, -0.25) is 36.7 Å². The molecule has 0 radical (unpaired) electrons. The predicted octanol–water partition coefficient (Wildman–Crippen LogP) is 18.2. The number of phosphoric acid groups is 2. The molecule has 0 heterocycles. The van der Waals surface area contributed by atoms with E-state index < -0.39 is 22.6 Å². The van der Waals surface area contributed by atoms with Crippen LogP contribution < -0.4 is 9.05 Å². The van der Waals surface area contributed by atoms with E-state index in [4.69, 9.17) is 38.4 Å². The second kappa shape index (κ2) is 29.5. The second-order valence-electron chi connectivity index (χ2n) is 24.2. The number of unbranched alkanes of at least 4 members (excludes halogenated alkanes) is 6. The maximum Gasteiger partial charge on any atom is 0.530 e. The summed E-state index contributed by atoms with van der Waals surface area (Å²) in [5.74, 6) is 1.51. The van der Waals surface area contributed by atoms with Gasteiger partial charge >= 0.3 is 22.6 Å². The number of carbonyl (C=O) groups is 2. The summed E-state index contributed by atoms with van der Waals surface area (Å²) in [4.78, 5) is 25.8. The van der Waals surface area contributed by atoms with Crippen molar-refractivity contribution in [3.8, 4) is 23.0 Å². The summed E-state index contributed by atoms with van der Waals surface area (Å²) in [5, 5.41) is 21.6. The summed E-state index contributed by atoms with van der Waals surface area (Å²) in [5.41, 5.74) is 2.24. The molecule has 6 aliphatic rings. The van der Waals surface area contributed by atoms with Gasteiger partial charge in [-0.05, 0) is 136 Å². The third kappa shape index (κ3) is 17.4. The van der Waals surface area contributed by atoms with Crippen molar-refractivity contribution in [2.45, 2.75) is 223 Å². The van der Waals surface area contributed by atoms with Gasteiger partial charge in [0.2, 0.25) is 0 Å². The first-order valence-corrected chi connectivity index (χ1v) is 34.8. The molecule has 0 amide bonds. The summed E-state index contributed by atoms with van der Waals surface area (Å²) in [6.45, 7) is 29.7. The topological polar surface area (TPSA) is 200 Å². The fraction of sp³-hybridized carbons (Fsp3) is 0.767. The average molecular weight is 1190 g/mol. The molecule has 6 saturated carbocycles. The summed E-state index contributed by atoms with van der Waals surface area (Å²) in [6, 6.07) is 7.41. The Balaban J connectivity index is 0.000000315. The molecule has 4 bridgehead atoms. The van der Waals surface area contributed by atoms with Crippen LogP contribution in [0.25, 0.3) is 0 Å². The number of halogens is 1. The molecule has 2 aromatic rings. The quantitative estimate of drug-likeness (QED) is 0.0552. The van der Waals surface area contributed by atoms with E-state index >= 15 is 0 Å². The van der Waals surface area contributed by atoms with E-state index in [1.807, 2.05) is 24.3 Å². The van der Waals surface area contributed by atoms with Crippen molar-refractivity contribution in [1.29, 1.82) is 0 Å². The molecule has 0 aromatic heterocycles. The molecule has 0 saturated heterocycles. The van der Waals surface area contributed by atoms with Crippen molar-refractivity contribution in [2.24, 2.45) is 34.5 Å². The number of phenols is 2. The van der Waals surface area contributed by atoms with Crippen LogP contribution in [-0.4, -0.2) is 61.4 Å². The molecule has 79 heavy (non-hydrogen) atoms.